The van der Waals surface area contributed by atoms with Gasteiger partial charge in [0.05, 0.1) is 18.0 Å². The first kappa shape index (κ1) is 12.7. The van der Waals surface area contributed by atoms with Gasteiger partial charge < -0.3 is 5.32 Å². The van der Waals surface area contributed by atoms with Crippen molar-refractivity contribution in [1.82, 2.24) is 15.3 Å². The van der Waals surface area contributed by atoms with Gasteiger partial charge in [0.2, 0.25) is 5.91 Å². The Morgan fingerprint density at radius 2 is 2.37 bits per heavy atom. The van der Waals surface area contributed by atoms with Crippen LogP contribution in [0.15, 0.2) is 23.7 Å². The molecule has 0 spiro atoms. The number of hydrazine groups is 1. The molecule has 5 heteroatoms. The Kier molecular flexibility index (Phi) is 2.89. The Morgan fingerprint density at radius 3 is 3.05 bits per heavy atom. The van der Waals surface area contributed by atoms with E-state index >= 15 is 0 Å². The molecular weight excluding hydrogens is 245 g/mol. The summed E-state index contributed by atoms with van der Waals surface area (Å²) in [5.41, 5.74) is 0.587. The molecule has 3 aliphatic heterocycles. The summed E-state index contributed by atoms with van der Waals surface area (Å²) >= 11 is 0. The number of dihydropyridines is 1. The van der Waals surface area contributed by atoms with E-state index in [0.717, 1.165) is 31.5 Å². The van der Waals surface area contributed by atoms with Crippen LogP contribution in [0.1, 0.15) is 26.7 Å². The average Bonchev–Trinajstić information content (AvgIpc) is 2.90. The van der Waals surface area contributed by atoms with Crippen molar-refractivity contribution in [1.29, 1.82) is 0 Å². The maximum Gasteiger partial charge on any atom is 0.244 e. The Hall–Kier alpha value is -1.36. The van der Waals surface area contributed by atoms with E-state index < -0.39 is 0 Å². The van der Waals surface area contributed by atoms with Gasteiger partial charge in [0.15, 0.2) is 0 Å². The minimum atomic E-state index is -0.288. The van der Waals surface area contributed by atoms with Gasteiger partial charge in [-0.1, -0.05) is 6.92 Å². The number of carbonyl (C=O) groups excluding carboxylic acids is 1. The first-order valence-electron chi connectivity index (χ1n) is 6.93. The molecule has 2 saturated heterocycles. The molecule has 0 bridgehead atoms. The molecule has 3 rings (SSSR count). The normalized spacial score (nSPS) is 35.0. The molecule has 2 fully saturated rings. The molecule has 2 unspecified atom stereocenters. The van der Waals surface area contributed by atoms with Gasteiger partial charge in [-0.15, -0.1) is 0 Å². The van der Waals surface area contributed by atoms with Gasteiger partial charge in [0.25, 0.3) is 0 Å². The number of halogens is 1. The molecule has 4 nitrogen and oxygen atoms in total. The molecule has 0 aliphatic carbocycles. The summed E-state index contributed by atoms with van der Waals surface area (Å²) < 4.78 is 13.4. The van der Waals surface area contributed by atoms with Crippen LogP contribution in [0, 0.1) is 5.41 Å². The summed E-state index contributed by atoms with van der Waals surface area (Å²) in [6.07, 6.45) is 5.13. The third kappa shape index (κ3) is 1.87. The lowest BCUT2D eigenvalue weighted by Crippen LogP contribution is -2.41. The predicted octanol–water partition coefficient (Wildman–Crippen LogP) is 1.57. The lowest BCUT2D eigenvalue weighted by atomic mass is 9.86. The van der Waals surface area contributed by atoms with Gasteiger partial charge in [0.1, 0.15) is 5.83 Å². The zero-order chi connectivity index (χ0) is 13.6. The number of hydrogen-bond acceptors (Lipinski definition) is 3. The predicted molar refractivity (Wildman–Crippen MR) is 70.5 cm³/mol. The van der Waals surface area contributed by atoms with Crippen molar-refractivity contribution >= 4 is 5.91 Å². The molecule has 0 aromatic heterocycles. The summed E-state index contributed by atoms with van der Waals surface area (Å²) in [5, 5.41) is 6.91. The molecule has 104 valence electrons. The number of nitrogens with one attached hydrogen (secondary N) is 1. The van der Waals surface area contributed by atoms with Crippen LogP contribution >= 0.6 is 0 Å². The zero-order valence-corrected chi connectivity index (χ0v) is 11.4. The van der Waals surface area contributed by atoms with Crippen LogP contribution in [0.3, 0.4) is 0 Å². The fourth-order valence-corrected chi connectivity index (χ4v) is 3.17. The maximum absolute atomic E-state index is 13.4. The fourth-order valence-electron chi connectivity index (χ4n) is 3.17. The number of carbonyl (C=O) groups is 1. The molecule has 19 heavy (non-hydrogen) atoms. The van der Waals surface area contributed by atoms with Gasteiger partial charge in [-0.2, -0.15) is 0 Å². The van der Waals surface area contributed by atoms with Crippen LogP contribution in [0.25, 0.3) is 0 Å². The van der Waals surface area contributed by atoms with E-state index in [0.29, 0.717) is 0 Å². The first-order valence-corrected chi connectivity index (χ1v) is 6.93. The second-order valence-corrected chi connectivity index (χ2v) is 5.87. The highest BCUT2D eigenvalue weighted by Gasteiger charge is 2.52. The Labute approximate surface area is 112 Å². The van der Waals surface area contributed by atoms with E-state index in [-0.39, 0.29) is 29.7 Å². The third-order valence-electron chi connectivity index (χ3n) is 4.54. The minimum Gasteiger partial charge on any atom is -0.384 e. The molecular formula is C14H20FN3O. The van der Waals surface area contributed by atoms with Crippen molar-refractivity contribution in [3.05, 3.63) is 23.7 Å². The van der Waals surface area contributed by atoms with E-state index in [1.54, 1.807) is 6.08 Å². The van der Waals surface area contributed by atoms with Crippen LogP contribution in [0.2, 0.25) is 0 Å². The number of hydrogen-bond donors (Lipinski definition) is 1. The SMILES string of the molecule is CCC1(C)CN2CCC(C3=CNCC(F)=C3)N2C1=O. The van der Waals surface area contributed by atoms with Crippen LogP contribution in [-0.2, 0) is 4.79 Å². The monoisotopic (exact) mass is 265 g/mol. The summed E-state index contributed by atoms with van der Waals surface area (Å²) in [7, 11) is 0. The van der Waals surface area contributed by atoms with Crippen molar-refractivity contribution in [3.8, 4) is 0 Å². The highest BCUT2D eigenvalue weighted by Crippen LogP contribution is 2.40. The molecule has 0 aromatic carbocycles. The maximum atomic E-state index is 13.4. The second-order valence-electron chi connectivity index (χ2n) is 5.87. The van der Waals surface area contributed by atoms with Gasteiger partial charge in [-0.05, 0) is 31.4 Å². The number of fused-ring (bicyclic) bond motifs is 1. The zero-order valence-electron chi connectivity index (χ0n) is 11.4. The highest BCUT2D eigenvalue weighted by molar-refractivity contribution is 5.85. The molecule has 0 radical (unpaired) electrons. The van der Waals surface area contributed by atoms with Crippen molar-refractivity contribution in [2.45, 2.75) is 32.7 Å². The first-order chi connectivity index (χ1) is 9.05. The van der Waals surface area contributed by atoms with E-state index in [1.165, 1.54) is 0 Å². The minimum absolute atomic E-state index is 0.0144. The van der Waals surface area contributed by atoms with E-state index in [2.05, 4.69) is 17.2 Å². The van der Waals surface area contributed by atoms with Gasteiger partial charge >= 0.3 is 0 Å². The average molecular weight is 265 g/mol. The summed E-state index contributed by atoms with van der Waals surface area (Å²) in [6.45, 7) is 5.98. The van der Waals surface area contributed by atoms with Crippen LogP contribution in [0.5, 0.6) is 0 Å². The number of amides is 1. The van der Waals surface area contributed by atoms with Crippen molar-refractivity contribution in [2.24, 2.45) is 5.41 Å². The summed E-state index contributed by atoms with van der Waals surface area (Å²) in [6, 6.07) is -0.0144. The Bertz CT molecular complexity index is 473. The fraction of sp³-hybridized carbons (Fsp3) is 0.643. The Balaban J connectivity index is 1.87. The molecule has 3 heterocycles. The summed E-state index contributed by atoms with van der Waals surface area (Å²) in [4.78, 5) is 12.6. The highest BCUT2D eigenvalue weighted by atomic mass is 19.1. The lowest BCUT2D eigenvalue weighted by molar-refractivity contribution is -0.141. The van der Waals surface area contributed by atoms with Gasteiger partial charge in [0, 0.05) is 19.3 Å². The van der Waals surface area contributed by atoms with Gasteiger partial charge in [-0.3, -0.25) is 9.80 Å². The second kappa shape index (κ2) is 4.34. The standard InChI is InChI=1S/C14H20FN3O/c1-3-14(2)9-17-5-4-12(18(17)13(14)19)10-6-11(15)8-16-7-10/h6-7,12,16H,3-5,8-9H2,1-2H3. The van der Waals surface area contributed by atoms with Crippen LogP contribution in [-0.4, -0.2) is 41.6 Å². The van der Waals surface area contributed by atoms with Crippen LogP contribution in [0.4, 0.5) is 4.39 Å². The smallest absolute Gasteiger partial charge is 0.244 e. The van der Waals surface area contributed by atoms with E-state index in [1.807, 2.05) is 18.1 Å². The Morgan fingerprint density at radius 1 is 1.58 bits per heavy atom. The molecule has 2 atom stereocenters. The van der Waals surface area contributed by atoms with Crippen molar-refractivity contribution in [3.63, 3.8) is 0 Å². The number of nitrogens with zero attached hydrogens (tertiary/aromatic N) is 2. The van der Waals surface area contributed by atoms with Crippen molar-refractivity contribution < 1.29 is 9.18 Å². The van der Waals surface area contributed by atoms with Crippen LogP contribution < -0.4 is 5.32 Å². The molecule has 1 N–H and O–H groups in total. The third-order valence-corrected chi connectivity index (χ3v) is 4.54. The summed E-state index contributed by atoms with van der Waals surface area (Å²) in [5.74, 6) is 0.0126. The lowest BCUT2D eigenvalue weighted by Gasteiger charge is -2.28. The van der Waals surface area contributed by atoms with E-state index in [4.69, 9.17) is 0 Å². The molecule has 1 amide bonds. The van der Waals surface area contributed by atoms with Gasteiger partial charge in [-0.25, -0.2) is 9.40 Å². The molecule has 0 saturated carbocycles. The largest absolute Gasteiger partial charge is 0.384 e. The quantitative estimate of drug-likeness (QED) is 0.823. The van der Waals surface area contributed by atoms with Crippen molar-refractivity contribution in [2.75, 3.05) is 19.6 Å². The topological polar surface area (TPSA) is 35.6 Å². The number of rotatable bonds is 2. The van der Waals surface area contributed by atoms with E-state index in [9.17, 15) is 9.18 Å². The molecule has 0 aromatic rings. The molecule has 3 aliphatic rings.